The Kier molecular flexibility index (Phi) is 7.27. The van der Waals surface area contributed by atoms with Gasteiger partial charge in [0, 0.05) is 50.1 Å². The van der Waals surface area contributed by atoms with E-state index < -0.39 is 0 Å². The number of hydrogen-bond acceptors (Lipinski definition) is 6. The topological polar surface area (TPSA) is 65.0 Å². The van der Waals surface area contributed by atoms with Crippen LogP contribution in [0.2, 0.25) is 0 Å². The highest BCUT2D eigenvalue weighted by atomic mass is 32.1. The van der Waals surface area contributed by atoms with Gasteiger partial charge in [-0.05, 0) is 48.9 Å². The van der Waals surface area contributed by atoms with Gasteiger partial charge in [-0.25, -0.2) is 0 Å². The summed E-state index contributed by atoms with van der Waals surface area (Å²) >= 11 is 1.77. The number of aryl methyl sites for hydroxylation is 1. The number of carbonyl (C=O) groups excluding carboxylic acids is 1. The molecule has 1 saturated heterocycles. The first-order valence-electron chi connectivity index (χ1n) is 11.2. The Morgan fingerprint density at radius 1 is 1.16 bits per heavy atom. The predicted octanol–water partition coefficient (Wildman–Crippen LogP) is 3.29. The SMILES string of the molecule is COc1ccc(C(c2c(NC(C)=O)sc3c2CCCC3)N2CCN(CCO)CC2)cc1. The van der Waals surface area contributed by atoms with E-state index in [-0.39, 0.29) is 18.6 Å². The van der Waals surface area contributed by atoms with Crippen molar-refractivity contribution in [2.24, 2.45) is 0 Å². The number of nitrogens with one attached hydrogen (secondary N) is 1. The molecule has 6 nitrogen and oxygen atoms in total. The van der Waals surface area contributed by atoms with Gasteiger partial charge in [-0.3, -0.25) is 14.6 Å². The summed E-state index contributed by atoms with van der Waals surface area (Å²) in [6.07, 6.45) is 4.61. The third kappa shape index (κ3) is 4.95. The molecule has 31 heavy (non-hydrogen) atoms. The van der Waals surface area contributed by atoms with Gasteiger partial charge in [-0.1, -0.05) is 12.1 Å². The number of anilines is 1. The Hall–Kier alpha value is -1.93. The largest absolute Gasteiger partial charge is 0.497 e. The zero-order chi connectivity index (χ0) is 21.8. The first kappa shape index (κ1) is 22.3. The number of methoxy groups -OCH3 is 1. The van der Waals surface area contributed by atoms with E-state index in [4.69, 9.17) is 4.74 Å². The zero-order valence-corrected chi connectivity index (χ0v) is 19.3. The molecular weight excluding hydrogens is 410 g/mol. The molecule has 1 aliphatic carbocycles. The van der Waals surface area contributed by atoms with Crippen molar-refractivity contribution >= 4 is 22.2 Å². The van der Waals surface area contributed by atoms with E-state index in [1.807, 2.05) is 12.1 Å². The van der Waals surface area contributed by atoms with Crippen molar-refractivity contribution in [1.29, 1.82) is 0 Å². The first-order valence-corrected chi connectivity index (χ1v) is 12.1. The predicted molar refractivity (Wildman–Crippen MR) is 125 cm³/mol. The molecule has 1 amide bonds. The molecule has 2 N–H and O–H groups in total. The van der Waals surface area contributed by atoms with Crippen LogP contribution in [-0.2, 0) is 17.6 Å². The summed E-state index contributed by atoms with van der Waals surface area (Å²) in [6, 6.07) is 8.48. The summed E-state index contributed by atoms with van der Waals surface area (Å²) in [7, 11) is 1.69. The van der Waals surface area contributed by atoms with Gasteiger partial charge in [0.05, 0.1) is 19.8 Å². The van der Waals surface area contributed by atoms with Gasteiger partial charge >= 0.3 is 0 Å². The lowest BCUT2D eigenvalue weighted by atomic mass is 9.88. The number of thiophene rings is 1. The van der Waals surface area contributed by atoms with E-state index in [2.05, 4.69) is 27.2 Å². The zero-order valence-electron chi connectivity index (χ0n) is 18.5. The molecule has 0 saturated carbocycles. The lowest BCUT2D eigenvalue weighted by Crippen LogP contribution is -2.48. The van der Waals surface area contributed by atoms with Crippen LogP contribution in [0.15, 0.2) is 24.3 Å². The van der Waals surface area contributed by atoms with Crippen LogP contribution in [0.3, 0.4) is 0 Å². The number of ether oxygens (including phenoxy) is 1. The van der Waals surface area contributed by atoms with E-state index in [9.17, 15) is 9.90 Å². The van der Waals surface area contributed by atoms with Gasteiger partial charge in [0.25, 0.3) is 0 Å². The fourth-order valence-corrected chi connectivity index (χ4v) is 6.23. The molecule has 0 radical (unpaired) electrons. The van der Waals surface area contributed by atoms with Crippen molar-refractivity contribution < 1.29 is 14.6 Å². The fraction of sp³-hybridized carbons (Fsp3) is 0.542. The third-order valence-corrected chi connectivity index (χ3v) is 7.62. The van der Waals surface area contributed by atoms with E-state index in [0.717, 1.165) is 56.3 Å². The average molecular weight is 444 g/mol. The Morgan fingerprint density at radius 3 is 2.52 bits per heavy atom. The maximum atomic E-state index is 12.0. The van der Waals surface area contributed by atoms with Crippen LogP contribution in [0.4, 0.5) is 5.00 Å². The van der Waals surface area contributed by atoms with Crippen LogP contribution < -0.4 is 10.1 Å². The molecule has 7 heteroatoms. The van der Waals surface area contributed by atoms with Gasteiger partial charge < -0.3 is 15.2 Å². The normalized spacial score (nSPS) is 18.4. The molecule has 1 aliphatic heterocycles. The molecule has 1 unspecified atom stereocenters. The number of piperazine rings is 1. The minimum Gasteiger partial charge on any atom is -0.497 e. The number of β-amino-alcohol motifs (C(OH)–C–C–N with tert-alkyl or cyclic N) is 1. The Bertz CT molecular complexity index is 888. The average Bonchev–Trinajstić information content (AvgIpc) is 3.13. The summed E-state index contributed by atoms with van der Waals surface area (Å²) < 4.78 is 5.39. The maximum Gasteiger partial charge on any atom is 0.221 e. The lowest BCUT2D eigenvalue weighted by Gasteiger charge is -2.40. The van der Waals surface area contributed by atoms with Crippen molar-refractivity contribution in [2.75, 3.05) is 51.8 Å². The number of fused-ring (bicyclic) bond motifs is 1. The molecule has 0 spiro atoms. The van der Waals surface area contributed by atoms with E-state index >= 15 is 0 Å². The second-order valence-corrected chi connectivity index (χ2v) is 9.52. The van der Waals surface area contributed by atoms with Crippen LogP contribution in [-0.4, -0.2) is 67.3 Å². The summed E-state index contributed by atoms with van der Waals surface area (Å²) in [4.78, 5) is 18.3. The molecule has 2 aliphatic rings. The van der Waals surface area contributed by atoms with Crippen molar-refractivity contribution in [2.45, 2.75) is 38.6 Å². The molecule has 1 atom stereocenters. The van der Waals surface area contributed by atoms with Gasteiger partial charge in [-0.15, -0.1) is 11.3 Å². The van der Waals surface area contributed by atoms with Gasteiger partial charge in [0.15, 0.2) is 0 Å². The fourth-order valence-electron chi connectivity index (χ4n) is 4.87. The molecule has 1 aromatic carbocycles. The highest BCUT2D eigenvalue weighted by molar-refractivity contribution is 7.16. The number of aliphatic hydroxyl groups excluding tert-OH is 1. The highest BCUT2D eigenvalue weighted by Gasteiger charge is 2.33. The van der Waals surface area contributed by atoms with Gasteiger partial charge in [0.2, 0.25) is 5.91 Å². The van der Waals surface area contributed by atoms with Gasteiger partial charge in [0.1, 0.15) is 10.8 Å². The van der Waals surface area contributed by atoms with E-state index in [1.165, 1.54) is 34.4 Å². The van der Waals surface area contributed by atoms with Crippen molar-refractivity contribution in [3.05, 3.63) is 45.8 Å². The smallest absolute Gasteiger partial charge is 0.221 e. The van der Waals surface area contributed by atoms with Crippen LogP contribution in [0.1, 0.15) is 47.4 Å². The molecule has 2 aromatic rings. The number of carbonyl (C=O) groups is 1. The van der Waals surface area contributed by atoms with E-state index in [0.29, 0.717) is 0 Å². The molecular formula is C24H33N3O3S. The highest BCUT2D eigenvalue weighted by Crippen LogP contribution is 2.45. The number of hydrogen-bond donors (Lipinski definition) is 2. The standard InChI is InChI=1S/C24H33N3O3S/c1-17(29)25-24-22(20-5-3-4-6-21(20)31-24)23(18-7-9-19(30-2)10-8-18)27-13-11-26(12-14-27)15-16-28/h7-10,23,28H,3-6,11-16H2,1-2H3,(H,25,29). The molecule has 4 rings (SSSR count). The maximum absolute atomic E-state index is 12.0. The first-order chi connectivity index (χ1) is 15.1. The van der Waals surface area contributed by atoms with Crippen molar-refractivity contribution in [3.63, 3.8) is 0 Å². The molecule has 1 aromatic heterocycles. The second-order valence-electron chi connectivity index (χ2n) is 8.41. The number of rotatable bonds is 7. The monoisotopic (exact) mass is 443 g/mol. The van der Waals surface area contributed by atoms with Crippen LogP contribution in [0.5, 0.6) is 5.75 Å². The lowest BCUT2D eigenvalue weighted by molar-refractivity contribution is -0.114. The van der Waals surface area contributed by atoms with E-state index in [1.54, 1.807) is 25.4 Å². The Morgan fingerprint density at radius 2 is 1.87 bits per heavy atom. The summed E-state index contributed by atoms with van der Waals surface area (Å²) in [5.41, 5.74) is 3.96. The Labute approximate surface area is 188 Å². The van der Waals surface area contributed by atoms with Crippen molar-refractivity contribution in [3.8, 4) is 5.75 Å². The third-order valence-electron chi connectivity index (χ3n) is 6.40. The number of nitrogens with zero attached hydrogens (tertiary/aromatic N) is 2. The minimum absolute atomic E-state index is 0.0129. The molecule has 2 heterocycles. The van der Waals surface area contributed by atoms with Gasteiger partial charge in [-0.2, -0.15) is 0 Å². The second kappa shape index (κ2) is 10.1. The summed E-state index contributed by atoms with van der Waals surface area (Å²) in [6.45, 7) is 6.27. The minimum atomic E-state index is -0.0129. The number of amides is 1. The summed E-state index contributed by atoms with van der Waals surface area (Å²) in [5, 5.41) is 13.5. The Balaban J connectivity index is 1.75. The summed E-state index contributed by atoms with van der Waals surface area (Å²) in [5.74, 6) is 0.839. The molecule has 1 fully saturated rings. The molecule has 168 valence electrons. The van der Waals surface area contributed by atoms with Crippen LogP contribution >= 0.6 is 11.3 Å². The van der Waals surface area contributed by atoms with Crippen LogP contribution in [0, 0.1) is 0 Å². The molecule has 0 bridgehead atoms. The quantitative estimate of drug-likeness (QED) is 0.688. The van der Waals surface area contributed by atoms with Crippen molar-refractivity contribution in [1.82, 2.24) is 9.80 Å². The van der Waals surface area contributed by atoms with Crippen LogP contribution in [0.25, 0.3) is 0 Å². The number of aliphatic hydroxyl groups is 1. The number of benzene rings is 1.